The van der Waals surface area contributed by atoms with Crippen LogP contribution >= 0.6 is 24.8 Å². The predicted octanol–water partition coefficient (Wildman–Crippen LogP) is 5.02. The van der Waals surface area contributed by atoms with Crippen molar-refractivity contribution in [3.8, 4) is 0 Å². The summed E-state index contributed by atoms with van der Waals surface area (Å²) in [6, 6.07) is 12.5. The van der Waals surface area contributed by atoms with Gasteiger partial charge < -0.3 is 15.3 Å². The molecule has 2 saturated carbocycles. The number of carboxylic acids is 1. The van der Waals surface area contributed by atoms with E-state index in [-0.39, 0.29) is 31.2 Å². The molecule has 29 heavy (non-hydrogen) atoms. The largest absolute Gasteiger partial charge is 0.481 e. The Bertz CT molecular complexity index is 646. The van der Waals surface area contributed by atoms with E-state index in [1.54, 1.807) is 5.57 Å². The number of nitrogens with zero attached hydrogens (tertiary/aromatic N) is 1. The fourth-order valence-corrected chi connectivity index (χ4v) is 4.46. The van der Waals surface area contributed by atoms with E-state index in [0.29, 0.717) is 30.6 Å². The second-order valence-corrected chi connectivity index (χ2v) is 8.23. The number of nitrogens with one attached hydrogen (secondary N) is 1. The Kier molecular flexibility index (Phi) is 11.3. The highest BCUT2D eigenvalue weighted by Crippen LogP contribution is 2.40. The van der Waals surface area contributed by atoms with Crippen LogP contribution in [-0.4, -0.2) is 47.7 Å². The highest BCUT2D eigenvalue weighted by atomic mass is 35.5. The second-order valence-electron chi connectivity index (χ2n) is 8.23. The van der Waals surface area contributed by atoms with Gasteiger partial charge in [-0.25, -0.2) is 0 Å². The molecule has 2 aliphatic rings. The van der Waals surface area contributed by atoms with Gasteiger partial charge in [-0.05, 0) is 57.1 Å². The number of carboxylic acid groups (broad SMARTS) is 1. The van der Waals surface area contributed by atoms with Crippen LogP contribution < -0.4 is 5.32 Å². The van der Waals surface area contributed by atoms with Gasteiger partial charge in [0.15, 0.2) is 0 Å². The summed E-state index contributed by atoms with van der Waals surface area (Å²) in [5.74, 6) is -0.00145. The molecule has 2 fully saturated rings. The first-order chi connectivity index (χ1) is 13.1. The Balaban J connectivity index is 0.00000210. The lowest BCUT2D eigenvalue weighted by atomic mass is 9.90. The normalized spacial score (nSPS) is 26.4. The molecule has 0 bridgehead atoms. The zero-order valence-electron chi connectivity index (χ0n) is 17.5. The second kappa shape index (κ2) is 12.6. The molecular weight excluding hydrogens is 407 g/mol. The molecule has 2 unspecified atom stereocenters. The number of hydrogen-bond acceptors (Lipinski definition) is 3. The number of carbonyl (C=O) groups is 1. The summed E-state index contributed by atoms with van der Waals surface area (Å²) in [5.41, 5.74) is 2.88. The number of hydrogen-bond donors (Lipinski definition) is 2. The summed E-state index contributed by atoms with van der Waals surface area (Å²) in [6.45, 7) is 2.93. The summed E-state index contributed by atoms with van der Waals surface area (Å²) in [4.78, 5) is 13.0. The molecule has 1 aromatic rings. The highest BCUT2D eigenvalue weighted by Gasteiger charge is 2.40. The van der Waals surface area contributed by atoms with Crippen LogP contribution in [0.2, 0.25) is 0 Å². The average Bonchev–Trinajstić information content (AvgIpc) is 3.44. The summed E-state index contributed by atoms with van der Waals surface area (Å²) >= 11 is 0. The van der Waals surface area contributed by atoms with E-state index < -0.39 is 5.97 Å². The highest BCUT2D eigenvalue weighted by molar-refractivity contribution is 5.85. The maximum atomic E-state index is 10.8. The zero-order valence-corrected chi connectivity index (χ0v) is 19.2. The van der Waals surface area contributed by atoms with Crippen LogP contribution in [-0.2, 0) is 4.79 Å². The van der Waals surface area contributed by atoms with Crippen molar-refractivity contribution in [3.63, 3.8) is 0 Å². The SMILES string of the molecule is CC/C(=C\c1ccccc1)C1CC1NC1CCC(N(C)CCC(=O)O)CC1.Cl.Cl. The maximum Gasteiger partial charge on any atom is 0.304 e. The molecule has 0 aromatic heterocycles. The van der Waals surface area contributed by atoms with Gasteiger partial charge in [0.05, 0.1) is 6.42 Å². The van der Waals surface area contributed by atoms with Crippen LogP contribution in [0.25, 0.3) is 6.08 Å². The molecule has 0 amide bonds. The van der Waals surface area contributed by atoms with Gasteiger partial charge in [0.2, 0.25) is 0 Å². The monoisotopic (exact) mass is 442 g/mol. The molecule has 2 aliphatic carbocycles. The molecule has 2 atom stereocenters. The van der Waals surface area contributed by atoms with Crippen molar-refractivity contribution in [2.45, 2.75) is 70.0 Å². The van der Waals surface area contributed by atoms with E-state index >= 15 is 0 Å². The maximum absolute atomic E-state index is 10.8. The Morgan fingerprint density at radius 3 is 2.41 bits per heavy atom. The van der Waals surface area contributed by atoms with Crippen LogP contribution in [0.3, 0.4) is 0 Å². The van der Waals surface area contributed by atoms with Crippen molar-refractivity contribution < 1.29 is 9.90 Å². The molecular formula is C23H36Cl2N2O2. The van der Waals surface area contributed by atoms with Gasteiger partial charge >= 0.3 is 5.97 Å². The third kappa shape index (κ3) is 7.93. The standard InChI is InChI=1S/C23H34N2O2.2ClH/c1-3-18(15-17-7-5-4-6-8-17)21-16-22(21)24-19-9-11-20(12-10-19)25(2)14-13-23(26)27;;/h4-8,15,19-22,24H,3,9-14,16H2,1-2H3,(H,26,27);2*1H/b18-15+;;. The average molecular weight is 443 g/mol. The predicted molar refractivity (Wildman–Crippen MR) is 125 cm³/mol. The smallest absolute Gasteiger partial charge is 0.304 e. The minimum absolute atomic E-state index is 0. The van der Waals surface area contributed by atoms with Crippen LogP contribution in [0.4, 0.5) is 0 Å². The van der Waals surface area contributed by atoms with Gasteiger partial charge in [-0.15, -0.1) is 24.8 Å². The van der Waals surface area contributed by atoms with Crippen LogP contribution in [0, 0.1) is 5.92 Å². The molecule has 0 heterocycles. The van der Waals surface area contributed by atoms with Gasteiger partial charge in [0, 0.05) is 24.7 Å². The van der Waals surface area contributed by atoms with Crippen molar-refractivity contribution >= 4 is 36.9 Å². The molecule has 0 aliphatic heterocycles. The molecule has 164 valence electrons. The lowest BCUT2D eigenvalue weighted by Crippen LogP contribution is -2.42. The van der Waals surface area contributed by atoms with Crippen LogP contribution in [0.1, 0.15) is 57.4 Å². The first kappa shape index (κ1) is 26.0. The fraction of sp³-hybridized carbons (Fsp3) is 0.609. The van der Waals surface area contributed by atoms with Gasteiger partial charge in [-0.1, -0.05) is 48.9 Å². The van der Waals surface area contributed by atoms with E-state index in [1.165, 1.54) is 37.7 Å². The minimum Gasteiger partial charge on any atom is -0.481 e. The number of rotatable bonds is 9. The fourth-order valence-electron chi connectivity index (χ4n) is 4.46. The summed E-state index contributed by atoms with van der Waals surface area (Å²) < 4.78 is 0. The van der Waals surface area contributed by atoms with Crippen molar-refractivity contribution in [3.05, 3.63) is 41.5 Å². The molecule has 6 heteroatoms. The molecule has 0 saturated heterocycles. The number of aliphatic carboxylic acids is 1. The Morgan fingerprint density at radius 1 is 1.17 bits per heavy atom. The minimum atomic E-state index is -0.702. The third-order valence-electron chi connectivity index (χ3n) is 6.27. The van der Waals surface area contributed by atoms with Gasteiger partial charge in [-0.2, -0.15) is 0 Å². The van der Waals surface area contributed by atoms with Crippen molar-refractivity contribution in [2.24, 2.45) is 5.92 Å². The summed E-state index contributed by atoms with van der Waals surface area (Å²) in [7, 11) is 2.07. The van der Waals surface area contributed by atoms with Crippen molar-refractivity contribution in [2.75, 3.05) is 13.6 Å². The summed E-state index contributed by atoms with van der Waals surface area (Å²) in [5, 5.41) is 12.8. The van der Waals surface area contributed by atoms with E-state index in [2.05, 4.69) is 60.6 Å². The van der Waals surface area contributed by atoms with E-state index in [4.69, 9.17) is 5.11 Å². The molecule has 0 radical (unpaired) electrons. The number of benzene rings is 1. The molecule has 3 rings (SSSR count). The lowest BCUT2D eigenvalue weighted by Gasteiger charge is -2.35. The molecule has 1 aromatic carbocycles. The molecule has 2 N–H and O–H groups in total. The van der Waals surface area contributed by atoms with Crippen molar-refractivity contribution in [1.82, 2.24) is 10.2 Å². The Hall–Kier alpha value is -1.07. The zero-order chi connectivity index (χ0) is 19.2. The first-order valence-corrected chi connectivity index (χ1v) is 10.5. The lowest BCUT2D eigenvalue weighted by molar-refractivity contribution is -0.137. The van der Waals surface area contributed by atoms with Crippen molar-refractivity contribution in [1.29, 1.82) is 0 Å². The van der Waals surface area contributed by atoms with E-state index in [0.717, 1.165) is 6.42 Å². The van der Waals surface area contributed by atoms with Crippen LogP contribution in [0.5, 0.6) is 0 Å². The quantitative estimate of drug-likeness (QED) is 0.563. The third-order valence-corrected chi connectivity index (χ3v) is 6.27. The Labute approximate surface area is 188 Å². The topological polar surface area (TPSA) is 52.6 Å². The van der Waals surface area contributed by atoms with E-state index in [1.807, 2.05) is 0 Å². The molecule has 4 nitrogen and oxygen atoms in total. The van der Waals surface area contributed by atoms with Gasteiger partial charge in [-0.3, -0.25) is 4.79 Å². The summed E-state index contributed by atoms with van der Waals surface area (Å²) in [6.07, 6.45) is 9.76. The van der Waals surface area contributed by atoms with Gasteiger partial charge in [0.25, 0.3) is 0 Å². The molecule has 0 spiro atoms. The Morgan fingerprint density at radius 2 is 1.83 bits per heavy atom. The number of halogens is 2. The van der Waals surface area contributed by atoms with E-state index in [9.17, 15) is 4.79 Å². The first-order valence-electron chi connectivity index (χ1n) is 10.5. The van der Waals surface area contributed by atoms with Crippen LogP contribution in [0.15, 0.2) is 35.9 Å². The van der Waals surface area contributed by atoms with Gasteiger partial charge in [0.1, 0.15) is 0 Å².